The first kappa shape index (κ1) is 65.1. The fourth-order valence-electron chi connectivity index (χ4n) is 10.1. The van der Waals surface area contributed by atoms with Gasteiger partial charge in [0.05, 0.1) is 18.8 Å². The number of carbonyl (C=O) groups is 1. The Labute approximate surface area is 416 Å². The normalized spacial score (nSPS) is 12.7. The van der Waals surface area contributed by atoms with Crippen LogP contribution in [0, 0.1) is 0 Å². The molecular weight excluding hydrogens is 807 g/mol. The minimum atomic E-state index is -0.834. The Morgan fingerprint density at radius 1 is 0.348 bits per heavy atom. The topological polar surface area (TPSA) is 69.6 Å². The summed E-state index contributed by atoms with van der Waals surface area (Å²) in [7, 11) is 0. The Balaban J connectivity index is 3.33. The van der Waals surface area contributed by atoms with E-state index in [-0.39, 0.29) is 12.5 Å². The van der Waals surface area contributed by atoms with E-state index in [4.69, 9.17) is 0 Å². The highest BCUT2D eigenvalue weighted by molar-refractivity contribution is 5.76. The van der Waals surface area contributed by atoms with E-state index in [0.717, 1.165) is 25.7 Å². The summed E-state index contributed by atoms with van der Waals surface area (Å²) < 4.78 is 0. The van der Waals surface area contributed by atoms with Crippen LogP contribution in [0.2, 0.25) is 0 Å². The Kier molecular flexibility index (Phi) is 57.7. The molecule has 0 fully saturated rings. The zero-order valence-electron chi connectivity index (χ0n) is 45.5. The highest BCUT2D eigenvalue weighted by atomic mass is 16.3. The fourth-order valence-corrected chi connectivity index (χ4v) is 10.1. The molecule has 0 saturated carbocycles. The van der Waals surface area contributed by atoms with Gasteiger partial charge in [-0.15, -0.1) is 0 Å². The van der Waals surface area contributed by atoms with Gasteiger partial charge in [0.1, 0.15) is 0 Å². The lowest BCUT2D eigenvalue weighted by Gasteiger charge is -2.20. The molecule has 0 aliphatic carbocycles. The summed E-state index contributed by atoms with van der Waals surface area (Å²) in [5.41, 5.74) is 0. The highest BCUT2D eigenvalue weighted by Crippen LogP contribution is 2.19. The van der Waals surface area contributed by atoms with Gasteiger partial charge in [0.2, 0.25) is 5.91 Å². The molecule has 66 heavy (non-hydrogen) atoms. The number of unbranched alkanes of at least 4 members (excludes halogenated alkanes) is 51. The molecule has 4 nitrogen and oxygen atoms in total. The van der Waals surface area contributed by atoms with Crippen LogP contribution in [-0.4, -0.2) is 34.9 Å². The Morgan fingerprint density at radius 2 is 0.561 bits per heavy atom. The third-order valence-electron chi connectivity index (χ3n) is 14.8. The molecular formula is C62H123NO3. The average molecular weight is 931 g/mol. The maximum Gasteiger partial charge on any atom is 0.220 e. The molecule has 0 aliphatic rings. The van der Waals surface area contributed by atoms with Crippen LogP contribution in [0.1, 0.15) is 361 Å². The van der Waals surface area contributed by atoms with Gasteiger partial charge in [-0.3, -0.25) is 4.79 Å². The summed E-state index contributed by atoms with van der Waals surface area (Å²) in [6.45, 7) is 4.34. The quantitative estimate of drug-likeness (QED) is 0.0420. The molecule has 1 amide bonds. The zero-order chi connectivity index (χ0) is 47.7. The second-order valence-electron chi connectivity index (χ2n) is 21.5. The monoisotopic (exact) mass is 930 g/mol. The summed E-state index contributed by atoms with van der Waals surface area (Å²) in [6.07, 6.45) is 77.1. The van der Waals surface area contributed by atoms with E-state index in [1.54, 1.807) is 6.08 Å². The van der Waals surface area contributed by atoms with Crippen molar-refractivity contribution >= 4 is 5.91 Å². The van der Waals surface area contributed by atoms with Crippen LogP contribution in [0.3, 0.4) is 0 Å². The summed E-state index contributed by atoms with van der Waals surface area (Å²) >= 11 is 0. The summed E-state index contributed by atoms with van der Waals surface area (Å²) in [4.78, 5) is 12.5. The SMILES string of the molecule is CCCCCCCCCCCCCC/C=C/C(O)C(CO)NC(=O)CCCCCCCCCCCCCCCCCCCCCCCCCCCCCCCCCCCCCCCCCC. The van der Waals surface area contributed by atoms with Crippen LogP contribution in [0.4, 0.5) is 0 Å². The van der Waals surface area contributed by atoms with E-state index in [1.807, 2.05) is 6.08 Å². The number of amides is 1. The molecule has 3 N–H and O–H groups in total. The van der Waals surface area contributed by atoms with Gasteiger partial charge in [0.25, 0.3) is 0 Å². The van der Waals surface area contributed by atoms with Gasteiger partial charge in [-0.05, 0) is 19.3 Å². The first-order chi connectivity index (χ1) is 32.7. The van der Waals surface area contributed by atoms with Gasteiger partial charge < -0.3 is 15.5 Å². The molecule has 4 heteroatoms. The summed E-state index contributed by atoms with van der Waals surface area (Å²) in [5.74, 6) is -0.0564. The highest BCUT2D eigenvalue weighted by Gasteiger charge is 2.18. The van der Waals surface area contributed by atoms with E-state index in [0.29, 0.717) is 6.42 Å². The number of aliphatic hydroxyl groups is 2. The van der Waals surface area contributed by atoms with Crippen molar-refractivity contribution in [3.05, 3.63) is 12.2 Å². The molecule has 0 rings (SSSR count). The molecule has 2 atom stereocenters. The lowest BCUT2D eigenvalue weighted by Crippen LogP contribution is -2.45. The fraction of sp³-hybridized carbons (Fsp3) is 0.952. The van der Waals surface area contributed by atoms with E-state index in [9.17, 15) is 15.0 Å². The molecule has 0 aromatic carbocycles. The first-order valence-electron chi connectivity index (χ1n) is 30.9. The van der Waals surface area contributed by atoms with Crippen LogP contribution >= 0.6 is 0 Å². The zero-order valence-corrected chi connectivity index (χ0v) is 45.5. The standard InChI is InChI=1S/C62H123NO3/c1-3-5-7-9-11-13-15-17-19-20-21-22-23-24-25-26-27-28-29-30-31-32-33-34-35-36-37-38-39-40-41-42-43-44-46-48-50-52-54-56-58-62(66)63-60(59-64)61(65)57-55-53-51-49-47-45-18-16-14-12-10-8-6-4-2/h55,57,60-61,64-65H,3-54,56,58-59H2,1-2H3,(H,63,66)/b57-55+. The van der Waals surface area contributed by atoms with Crippen molar-refractivity contribution in [2.45, 2.75) is 373 Å². The molecule has 0 saturated heterocycles. The third-order valence-corrected chi connectivity index (χ3v) is 14.8. The van der Waals surface area contributed by atoms with Crippen LogP contribution in [0.25, 0.3) is 0 Å². The van der Waals surface area contributed by atoms with Gasteiger partial charge in [-0.1, -0.05) is 347 Å². The predicted octanol–water partition coefficient (Wildman–Crippen LogP) is 20.5. The van der Waals surface area contributed by atoms with Gasteiger partial charge in [-0.2, -0.15) is 0 Å². The van der Waals surface area contributed by atoms with Crippen molar-refractivity contribution in [1.82, 2.24) is 5.32 Å². The number of allylic oxidation sites excluding steroid dienone is 1. The molecule has 0 aromatic rings. The van der Waals surface area contributed by atoms with Crippen LogP contribution in [0.5, 0.6) is 0 Å². The molecule has 0 spiro atoms. The first-order valence-corrected chi connectivity index (χ1v) is 30.9. The number of nitrogens with one attached hydrogen (secondary N) is 1. The Hall–Kier alpha value is -0.870. The van der Waals surface area contributed by atoms with Crippen LogP contribution < -0.4 is 5.32 Å². The molecule has 0 radical (unpaired) electrons. The average Bonchev–Trinajstić information content (AvgIpc) is 3.32. The lowest BCUT2D eigenvalue weighted by atomic mass is 10.0. The van der Waals surface area contributed by atoms with E-state index >= 15 is 0 Å². The van der Waals surface area contributed by atoms with Gasteiger partial charge in [-0.25, -0.2) is 0 Å². The van der Waals surface area contributed by atoms with Crippen molar-refractivity contribution in [1.29, 1.82) is 0 Å². The number of carbonyl (C=O) groups excluding carboxylic acids is 1. The largest absolute Gasteiger partial charge is 0.394 e. The molecule has 394 valence electrons. The number of hydrogen-bond donors (Lipinski definition) is 3. The number of rotatable bonds is 58. The predicted molar refractivity (Wildman–Crippen MR) is 295 cm³/mol. The lowest BCUT2D eigenvalue weighted by molar-refractivity contribution is -0.123. The van der Waals surface area contributed by atoms with E-state index in [1.165, 1.54) is 315 Å². The second-order valence-corrected chi connectivity index (χ2v) is 21.5. The summed E-state index contributed by atoms with van der Waals surface area (Å²) in [6, 6.07) is -0.617. The molecule has 2 unspecified atom stereocenters. The number of aliphatic hydroxyl groups excluding tert-OH is 2. The van der Waals surface area contributed by atoms with Crippen LogP contribution in [0.15, 0.2) is 12.2 Å². The van der Waals surface area contributed by atoms with Crippen molar-refractivity contribution < 1.29 is 15.0 Å². The van der Waals surface area contributed by atoms with Gasteiger partial charge in [0, 0.05) is 6.42 Å². The van der Waals surface area contributed by atoms with Crippen molar-refractivity contribution in [3.63, 3.8) is 0 Å². The van der Waals surface area contributed by atoms with Gasteiger partial charge >= 0.3 is 0 Å². The second kappa shape index (κ2) is 58.4. The summed E-state index contributed by atoms with van der Waals surface area (Å²) in [5, 5.41) is 23.1. The third kappa shape index (κ3) is 54.1. The van der Waals surface area contributed by atoms with E-state index in [2.05, 4.69) is 19.2 Å². The van der Waals surface area contributed by atoms with Gasteiger partial charge in [0.15, 0.2) is 0 Å². The number of hydrogen-bond acceptors (Lipinski definition) is 3. The minimum Gasteiger partial charge on any atom is -0.394 e. The molecule has 0 aromatic heterocycles. The Bertz CT molecular complexity index is 921. The van der Waals surface area contributed by atoms with Crippen molar-refractivity contribution in [2.24, 2.45) is 0 Å². The smallest absolute Gasteiger partial charge is 0.220 e. The van der Waals surface area contributed by atoms with Crippen molar-refractivity contribution in [2.75, 3.05) is 6.61 Å². The molecule has 0 heterocycles. The maximum atomic E-state index is 12.5. The maximum absolute atomic E-state index is 12.5. The Morgan fingerprint density at radius 3 is 0.788 bits per heavy atom. The molecule has 0 aliphatic heterocycles. The minimum absolute atomic E-state index is 0.0564. The molecule has 0 bridgehead atoms. The van der Waals surface area contributed by atoms with Crippen LogP contribution in [-0.2, 0) is 4.79 Å². The van der Waals surface area contributed by atoms with E-state index < -0.39 is 12.1 Å². The van der Waals surface area contributed by atoms with Crippen molar-refractivity contribution in [3.8, 4) is 0 Å².